The Hall–Kier alpha value is -3.51. The van der Waals surface area contributed by atoms with Gasteiger partial charge in [0.15, 0.2) is 17.4 Å². The second-order valence-corrected chi connectivity index (χ2v) is 10.8. The third kappa shape index (κ3) is 6.44. The third-order valence-electron chi connectivity index (χ3n) is 5.66. The van der Waals surface area contributed by atoms with E-state index in [9.17, 15) is 19.3 Å². The van der Waals surface area contributed by atoms with Crippen LogP contribution in [0.3, 0.4) is 0 Å². The van der Waals surface area contributed by atoms with Gasteiger partial charge in [0.25, 0.3) is 5.56 Å². The standard InChI is InChI=1S/C23H26ClN6O9P/c1-12(2)22(33)35-10-15-18(39-40(34,36-9-5-8-25)38-14-7-4-3-6-13(14)24)17(31)21(37-15)30-11-27-16-19(30)28-23(26)29-20(16)32/h3-4,6-7,11-12,15,17-18,21,31H,5,9-10H2,1-2H3,(H3,26,28,29,32)/t15-,17-,18-,21-,40?/m1/s1. The fourth-order valence-corrected chi connectivity index (χ4v) is 5.40. The minimum absolute atomic E-state index is 0.00959. The maximum absolute atomic E-state index is 13.8. The van der Waals surface area contributed by atoms with E-state index in [2.05, 4.69) is 15.0 Å². The summed E-state index contributed by atoms with van der Waals surface area (Å²) in [7, 11) is -4.59. The van der Waals surface area contributed by atoms with Gasteiger partial charge in [0.1, 0.15) is 30.7 Å². The molecular formula is C23H26ClN6O9P. The maximum Gasteiger partial charge on any atom is 0.530 e. The SMILES string of the molecule is CC(C)C(=O)OC[C@H]1O[C@@H](n2cnc3c(=O)[nH]c(N)nc32)[C@H](O)[C@@H]1OP(=O)(OCCC#N)Oc1ccccc1Cl. The number of aliphatic hydroxyl groups excluding tert-OH is 1. The minimum atomic E-state index is -4.59. The van der Waals surface area contributed by atoms with Gasteiger partial charge in [-0.25, -0.2) is 9.55 Å². The number of aromatic nitrogens is 4. The predicted molar refractivity (Wildman–Crippen MR) is 139 cm³/mol. The highest BCUT2D eigenvalue weighted by Gasteiger charge is 2.51. The lowest BCUT2D eigenvalue weighted by molar-refractivity contribution is -0.153. The zero-order chi connectivity index (χ0) is 29.0. The van der Waals surface area contributed by atoms with E-state index < -0.39 is 56.4 Å². The number of halogens is 1. The first kappa shape index (κ1) is 29.5. The van der Waals surface area contributed by atoms with Gasteiger partial charge < -0.3 is 24.8 Å². The number of nitrogens with zero attached hydrogens (tertiary/aromatic N) is 4. The van der Waals surface area contributed by atoms with Crippen LogP contribution in [0.1, 0.15) is 26.5 Å². The van der Waals surface area contributed by atoms with Gasteiger partial charge in [-0.2, -0.15) is 10.2 Å². The number of nitrogens with two attached hydrogens (primary N) is 1. The van der Waals surface area contributed by atoms with E-state index in [-0.39, 0.29) is 40.9 Å². The van der Waals surface area contributed by atoms with Gasteiger partial charge in [-0.05, 0) is 12.1 Å². The molecule has 5 atom stereocenters. The Morgan fingerprint density at radius 3 is 2.85 bits per heavy atom. The molecule has 15 nitrogen and oxygen atoms in total. The lowest BCUT2D eigenvalue weighted by Crippen LogP contribution is -2.37. The van der Waals surface area contributed by atoms with E-state index in [4.69, 9.17) is 45.6 Å². The molecule has 0 spiro atoms. The summed E-state index contributed by atoms with van der Waals surface area (Å²) in [5, 5.41) is 20.3. The van der Waals surface area contributed by atoms with Crippen LogP contribution < -0.4 is 15.8 Å². The molecule has 3 heterocycles. The van der Waals surface area contributed by atoms with Crippen LogP contribution >= 0.6 is 19.4 Å². The Bertz CT molecular complexity index is 1520. The molecule has 40 heavy (non-hydrogen) atoms. The third-order valence-corrected chi connectivity index (χ3v) is 7.39. The van der Waals surface area contributed by atoms with Gasteiger partial charge in [-0.15, -0.1) is 0 Å². The Kier molecular flexibility index (Phi) is 9.09. The molecule has 4 N–H and O–H groups in total. The van der Waals surface area contributed by atoms with Crippen molar-refractivity contribution in [3.63, 3.8) is 0 Å². The lowest BCUT2D eigenvalue weighted by Gasteiger charge is -2.26. The number of carbonyl (C=O) groups is 1. The largest absolute Gasteiger partial charge is 0.530 e. The zero-order valence-electron chi connectivity index (χ0n) is 21.3. The number of esters is 1. The van der Waals surface area contributed by atoms with Crippen molar-refractivity contribution in [3.8, 4) is 11.8 Å². The Morgan fingerprint density at radius 2 is 2.15 bits per heavy atom. The number of benzene rings is 1. The first-order chi connectivity index (χ1) is 19.0. The molecule has 0 bridgehead atoms. The van der Waals surface area contributed by atoms with Gasteiger partial charge in [0.2, 0.25) is 5.95 Å². The molecule has 0 saturated carbocycles. The van der Waals surface area contributed by atoms with Crippen LogP contribution in [0.4, 0.5) is 5.95 Å². The number of nitrogens with one attached hydrogen (secondary N) is 1. The number of para-hydroxylation sites is 1. The van der Waals surface area contributed by atoms with Crippen LogP contribution in [-0.2, 0) is 27.9 Å². The molecule has 0 radical (unpaired) electrons. The molecule has 0 amide bonds. The Labute approximate surface area is 232 Å². The number of fused-ring (bicyclic) bond motifs is 1. The van der Waals surface area contributed by atoms with E-state index in [1.54, 1.807) is 26.0 Å². The highest BCUT2D eigenvalue weighted by Crippen LogP contribution is 2.54. The number of H-pyrrole nitrogens is 1. The maximum atomic E-state index is 13.8. The van der Waals surface area contributed by atoms with Crippen molar-refractivity contribution >= 4 is 42.5 Å². The molecule has 4 rings (SSSR count). The number of anilines is 1. The fourth-order valence-electron chi connectivity index (χ4n) is 3.74. The molecule has 1 fully saturated rings. The fraction of sp³-hybridized carbons (Fsp3) is 0.435. The summed E-state index contributed by atoms with van der Waals surface area (Å²) in [5.74, 6) is -1.28. The van der Waals surface area contributed by atoms with Gasteiger partial charge in [0, 0.05) is 0 Å². The monoisotopic (exact) mass is 596 g/mol. The molecule has 17 heteroatoms. The summed E-state index contributed by atoms with van der Waals surface area (Å²) in [6.45, 7) is 2.51. The molecule has 2 aromatic heterocycles. The van der Waals surface area contributed by atoms with Gasteiger partial charge in [-0.1, -0.05) is 37.6 Å². The van der Waals surface area contributed by atoms with Crippen molar-refractivity contribution in [2.45, 2.75) is 44.8 Å². The second kappa shape index (κ2) is 12.3. The summed E-state index contributed by atoms with van der Waals surface area (Å²) < 4.78 is 42.9. The average Bonchev–Trinajstić information content (AvgIpc) is 3.45. The number of nitriles is 1. The number of ether oxygens (including phenoxy) is 2. The molecule has 1 saturated heterocycles. The number of hydrogen-bond acceptors (Lipinski definition) is 13. The summed E-state index contributed by atoms with van der Waals surface area (Å²) >= 11 is 6.15. The number of imidazole rings is 1. The van der Waals surface area contributed by atoms with Crippen LogP contribution in [0.15, 0.2) is 35.4 Å². The summed E-state index contributed by atoms with van der Waals surface area (Å²) in [6, 6.07) is 7.95. The summed E-state index contributed by atoms with van der Waals surface area (Å²) in [5.41, 5.74) is 4.97. The number of nitrogen functional groups attached to an aromatic ring is 1. The number of phosphoric acid groups is 1. The molecule has 1 aliphatic heterocycles. The molecule has 3 aromatic rings. The van der Waals surface area contributed by atoms with Crippen LogP contribution in [0, 0.1) is 17.2 Å². The van der Waals surface area contributed by atoms with Gasteiger partial charge in [0.05, 0.1) is 36.4 Å². The summed E-state index contributed by atoms with van der Waals surface area (Å²) in [6.07, 6.45) is -4.55. The van der Waals surface area contributed by atoms with Crippen molar-refractivity contribution < 1.29 is 37.5 Å². The number of rotatable bonds is 11. The van der Waals surface area contributed by atoms with E-state index in [0.29, 0.717) is 0 Å². The van der Waals surface area contributed by atoms with Crippen molar-refractivity contribution in [1.29, 1.82) is 5.26 Å². The van der Waals surface area contributed by atoms with Gasteiger partial charge in [-0.3, -0.25) is 28.2 Å². The quantitative estimate of drug-likeness (QED) is 0.165. The van der Waals surface area contributed by atoms with Crippen LogP contribution in [0.5, 0.6) is 5.75 Å². The van der Waals surface area contributed by atoms with E-state index in [1.165, 1.54) is 23.0 Å². The topological polar surface area (TPSA) is 214 Å². The molecule has 1 aliphatic rings. The molecule has 214 valence electrons. The number of carbonyl (C=O) groups excluding carboxylic acids is 1. The number of aliphatic hydroxyl groups is 1. The normalized spacial score (nSPS) is 22.2. The van der Waals surface area contributed by atoms with Crippen LogP contribution in [-0.4, -0.2) is 62.1 Å². The highest BCUT2D eigenvalue weighted by atomic mass is 35.5. The second-order valence-electron chi connectivity index (χ2n) is 8.90. The number of phosphoric ester groups is 1. The first-order valence-corrected chi connectivity index (χ1v) is 13.8. The number of aromatic amines is 1. The van der Waals surface area contributed by atoms with Crippen molar-refractivity contribution in [3.05, 3.63) is 46.0 Å². The summed E-state index contributed by atoms with van der Waals surface area (Å²) in [4.78, 5) is 34.8. The number of hydrogen-bond donors (Lipinski definition) is 3. The zero-order valence-corrected chi connectivity index (χ0v) is 22.9. The van der Waals surface area contributed by atoms with E-state index in [0.717, 1.165) is 0 Å². The van der Waals surface area contributed by atoms with Crippen molar-refractivity contribution in [2.75, 3.05) is 18.9 Å². The van der Waals surface area contributed by atoms with Gasteiger partial charge >= 0.3 is 13.8 Å². The van der Waals surface area contributed by atoms with Crippen molar-refractivity contribution in [1.82, 2.24) is 19.5 Å². The molecule has 1 unspecified atom stereocenters. The lowest BCUT2D eigenvalue weighted by atomic mass is 10.1. The molecule has 1 aromatic carbocycles. The smallest absolute Gasteiger partial charge is 0.463 e. The average molecular weight is 597 g/mol. The van der Waals surface area contributed by atoms with E-state index >= 15 is 0 Å². The van der Waals surface area contributed by atoms with Crippen LogP contribution in [0.25, 0.3) is 11.2 Å². The van der Waals surface area contributed by atoms with Crippen LogP contribution in [0.2, 0.25) is 5.02 Å². The van der Waals surface area contributed by atoms with E-state index in [1.807, 2.05) is 6.07 Å². The van der Waals surface area contributed by atoms with Crippen molar-refractivity contribution in [2.24, 2.45) is 5.92 Å². The Balaban J connectivity index is 1.68. The highest BCUT2D eigenvalue weighted by molar-refractivity contribution is 7.49. The minimum Gasteiger partial charge on any atom is -0.463 e. The molecular weight excluding hydrogens is 571 g/mol. The Morgan fingerprint density at radius 1 is 1.40 bits per heavy atom. The molecule has 0 aliphatic carbocycles. The first-order valence-electron chi connectivity index (χ1n) is 12.0. The predicted octanol–water partition coefficient (Wildman–Crippen LogP) is 2.32.